The van der Waals surface area contributed by atoms with Gasteiger partial charge in [0.2, 0.25) is 0 Å². The summed E-state index contributed by atoms with van der Waals surface area (Å²) >= 11 is 0. The zero-order chi connectivity index (χ0) is 46.4. The highest BCUT2D eigenvalue weighted by atomic mass is 28.4. The maximum absolute atomic E-state index is 14.7. The molecule has 4 aliphatic rings. The molecule has 2 unspecified atom stereocenters. The number of aliphatic hydroxyl groups is 1. The van der Waals surface area contributed by atoms with Gasteiger partial charge in [-0.3, -0.25) is 4.79 Å². The van der Waals surface area contributed by atoms with Crippen LogP contribution in [0.2, 0.25) is 39.3 Å². The van der Waals surface area contributed by atoms with Crippen LogP contribution in [-0.4, -0.2) is 144 Å². The molecule has 2 bridgehead atoms. The molecule has 0 amide bonds. The van der Waals surface area contributed by atoms with E-state index in [1.54, 1.807) is 7.11 Å². The number of likely N-dealkylation sites (N-methyl/N-ethyl adjacent to an activating group) is 1. The molecule has 0 saturated carbocycles. The number of nitrogens with zero attached hydrogens (tertiary/aromatic N) is 1. The lowest BCUT2D eigenvalue weighted by molar-refractivity contribution is -0.328. The molecule has 4 aliphatic heterocycles. The summed E-state index contributed by atoms with van der Waals surface area (Å²) in [5.41, 5.74) is -1.58. The summed E-state index contributed by atoms with van der Waals surface area (Å²) in [6.45, 7) is 39.1. The number of rotatable bonds is 11. The number of hydrogen-bond donors (Lipinski definition) is 1. The molecule has 18 atom stereocenters. The molecular weight excluding hydrogens is 815 g/mol. The van der Waals surface area contributed by atoms with Crippen molar-refractivity contribution < 1.29 is 56.6 Å². The summed E-state index contributed by atoms with van der Waals surface area (Å²) in [6, 6.07) is -0.0102. The molecule has 356 valence electrons. The van der Waals surface area contributed by atoms with Crippen LogP contribution in [0.25, 0.3) is 0 Å². The van der Waals surface area contributed by atoms with Crippen LogP contribution in [-0.2, 0) is 51.5 Å². The van der Waals surface area contributed by atoms with Gasteiger partial charge in [-0.1, -0.05) is 34.3 Å². The van der Waals surface area contributed by atoms with E-state index >= 15 is 0 Å². The van der Waals surface area contributed by atoms with Crippen molar-refractivity contribution in [2.45, 2.75) is 232 Å². The normalized spacial score (nSPS) is 44.7. The average molecular weight is 902 g/mol. The van der Waals surface area contributed by atoms with Crippen LogP contribution >= 0.6 is 0 Å². The van der Waals surface area contributed by atoms with E-state index < -0.39 is 94.5 Å². The Morgan fingerprint density at radius 2 is 1.44 bits per heavy atom. The minimum absolute atomic E-state index is 0.0102. The van der Waals surface area contributed by atoms with Crippen molar-refractivity contribution in [3.63, 3.8) is 0 Å². The first-order valence-electron chi connectivity index (χ1n) is 23.0. The molecular formula is C46H87NO12Si2. The molecule has 13 nitrogen and oxygen atoms in total. The second-order valence-electron chi connectivity index (χ2n) is 22.1. The second-order valence-corrected chi connectivity index (χ2v) is 31.0. The van der Waals surface area contributed by atoms with Crippen LogP contribution in [0.4, 0.5) is 0 Å². The molecule has 4 rings (SSSR count). The molecule has 0 spiro atoms. The molecule has 0 aromatic rings. The first kappa shape index (κ1) is 52.8. The van der Waals surface area contributed by atoms with E-state index in [1.165, 1.54) is 0 Å². The highest BCUT2D eigenvalue weighted by Gasteiger charge is 2.55. The fraction of sp³-hybridized carbons (Fsp3) is 0.935. The van der Waals surface area contributed by atoms with Crippen LogP contribution in [0, 0.1) is 23.7 Å². The van der Waals surface area contributed by atoms with Gasteiger partial charge in [0.05, 0.1) is 59.8 Å². The van der Waals surface area contributed by atoms with Gasteiger partial charge < -0.3 is 56.8 Å². The van der Waals surface area contributed by atoms with Crippen LogP contribution in [0.5, 0.6) is 0 Å². The number of carbonyl (C=O) groups excluding carboxylic acids is 1. The Hall–Kier alpha value is -0.796. The monoisotopic (exact) mass is 902 g/mol. The van der Waals surface area contributed by atoms with Crippen molar-refractivity contribution >= 4 is 22.6 Å². The Morgan fingerprint density at radius 1 is 0.836 bits per heavy atom. The number of methoxy groups -OCH3 is 1. The van der Waals surface area contributed by atoms with Crippen molar-refractivity contribution in [2.24, 2.45) is 23.7 Å². The molecule has 0 aromatic heterocycles. The maximum atomic E-state index is 14.7. The second kappa shape index (κ2) is 20.0. The first-order chi connectivity index (χ1) is 27.8. The van der Waals surface area contributed by atoms with E-state index in [1.807, 2.05) is 62.3 Å². The predicted octanol–water partition coefficient (Wildman–Crippen LogP) is 7.90. The Bertz CT molecular complexity index is 1470. The molecule has 4 fully saturated rings. The standard InChI is InChI=1S/C46H87NO12Si2/c1-22-34-28(4)38-29(5)36(56-44(9,10)57-38)26(2)24-45(11,49)40(55-43-39(58-60(16,17)18)33(47(13)14)23-27(3)51-43)30(6)37(31(7)42(48)53-34)54-35-25-46(12,50-15)41(32(8)52-35)59-61(19,20)21/h26-27,29-41,43,49H,4,22-25H2,1-3,5-21H3/t26-,27-,29+,30+,31-,32+,33+,34?,35+,36+,37?,38+,39-,40-,41+,43+,45-,46-/m1/s1. The van der Waals surface area contributed by atoms with Gasteiger partial charge in [0.15, 0.2) is 35.0 Å². The third-order valence-electron chi connectivity index (χ3n) is 13.2. The van der Waals surface area contributed by atoms with Crippen molar-refractivity contribution in [3.8, 4) is 0 Å². The molecule has 61 heavy (non-hydrogen) atoms. The summed E-state index contributed by atoms with van der Waals surface area (Å²) < 4.78 is 67.2. The topological polar surface area (TPSA) is 133 Å². The Balaban J connectivity index is 1.89. The predicted molar refractivity (Wildman–Crippen MR) is 242 cm³/mol. The zero-order valence-corrected chi connectivity index (χ0v) is 43.7. The number of ether oxygens (including phenoxy) is 8. The molecule has 4 heterocycles. The summed E-state index contributed by atoms with van der Waals surface area (Å²) in [6.07, 6.45) is -4.29. The maximum Gasteiger partial charge on any atom is 0.311 e. The summed E-state index contributed by atoms with van der Waals surface area (Å²) in [5, 5.41) is 13.1. The third kappa shape index (κ3) is 13.0. The smallest absolute Gasteiger partial charge is 0.311 e. The minimum Gasteiger partial charge on any atom is -0.457 e. The lowest BCUT2D eigenvalue weighted by Gasteiger charge is -2.52. The van der Waals surface area contributed by atoms with Gasteiger partial charge in [-0.2, -0.15) is 0 Å². The lowest BCUT2D eigenvalue weighted by atomic mass is 9.74. The van der Waals surface area contributed by atoms with Crippen molar-refractivity contribution in [3.05, 3.63) is 12.2 Å². The van der Waals surface area contributed by atoms with E-state index in [0.717, 1.165) is 6.42 Å². The van der Waals surface area contributed by atoms with Gasteiger partial charge in [0.25, 0.3) is 0 Å². The molecule has 4 saturated heterocycles. The minimum atomic E-state index is -2.15. The number of esters is 1. The van der Waals surface area contributed by atoms with Gasteiger partial charge >= 0.3 is 5.97 Å². The van der Waals surface area contributed by atoms with Crippen LogP contribution in [0.15, 0.2) is 12.2 Å². The number of cyclic esters (lactones) is 1. The number of hydrogen-bond acceptors (Lipinski definition) is 13. The van der Waals surface area contributed by atoms with Gasteiger partial charge in [-0.25, -0.2) is 0 Å². The molecule has 0 aromatic carbocycles. The van der Waals surface area contributed by atoms with Crippen LogP contribution in [0.3, 0.4) is 0 Å². The van der Waals surface area contributed by atoms with Gasteiger partial charge in [0.1, 0.15) is 12.2 Å². The number of carbonyl (C=O) groups is 1. The SMILES string of the molecule is C=C1C(CC)OC(=O)[C@H](C)C(O[C@H]2C[C@@](C)(OC)[C@@H](O[Si](C)(C)C)[C@H](C)O2)[C@H](C)[C@@H](O[C@@H]2O[C@H](C)C[C@H](N(C)C)[C@H]2O[Si](C)(C)C)[C@](C)(O)C[C@@H](C)[C@@H]2OC(C)(C)O[C@@H]1[C@H]2C. The van der Waals surface area contributed by atoms with Crippen molar-refractivity contribution in [1.82, 2.24) is 4.90 Å². The first-order valence-corrected chi connectivity index (χ1v) is 29.8. The van der Waals surface area contributed by atoms with E-state index in [0.29, 0.717) is 24.8 Å². The highest BCUT2D eigenvalue weighted by Crippen LogP contribution is 2.45. The molecule has 0 radical (unpaired) electrons. The number of fused-ring (bicyclic) bond motifs is 2. The lowest BCUT2D eigenvalue weighted by Crippen LogP contribution is -2.62. The van der Waals surface area contributed by atoms with Gasteiger partial charge in [-0.05, 0) is 133 Å². The third-order valence-corrected chi connectivity index (χ3v) is 15.2. The largest absolute Gasteiger partial charge is 0.457 e. The van der Waals surface area contributed by atoms with Crippen LogP contribution in [0.1, 0.15) is 102 Å². The fourth-order valence-corrected chi connectivity index (χ4v) is 12.6. The summed E-state index contributed by atoms with van der Waals surface area (Å²) in [7, 11) is 1.65. The summed E-state index contributed by atoms with van der Waals surface area (Å²) in [4.78, 5) is 16.9. The molecule has 15 heteroatoms. The van der Waals surface area contributed by atoms with Crippen molar-refractivity contribution in [2.75, 3.05) is 21.2 Å². The van der Waals surface area contributed by atoms with Crippen LogP contribution < -0.4 is 0 Å². The molecule has 1 N–H and O–H groups in total. The highest BCUT2D eigenvalue weighted by molar-refractivity contribution is 6.70. The Morgan fingerprint density at radius 3 is 1.98 bits per heavy atom. The quantitative estimate of drug-likeness (QED) is 0.123. The summed E-state index contributed by atoms with van der Waals surface area (Å²) in [5.74, 6) is -3.22. The van der Waals surface area contributed by atoms with E-state index in [4.69, 9.17) is 46.7 Å². The van der Waals surface area contributed by atoms with E-state index in [9.17, 15) is 9.90 Å². The Labute approximate surface area is 371 Å². The Kier molecular flexibility index (Phi) is 17.3. The zero-order valence-electron chi connectivity index (χ0n) is 41.7. The van der Waals surface area contributed by atoms with Gasteiger partial charge in [-0.15, -0.1) is 0 Å². The van der Waals surface area contributed by atoms with E-state index in [-0.39, 0.29) is 42.3 Å². The van der Waals surface area contributed by atoms with E-state index in [2.05, 4.69) is 78.7 Å². The molecule has 0 aliphatic carbocycles. The van der Waals surface area contributed by atoms with Crippen molar-refractivity contribution in [1.29, 1.82) is 0 Å². The fourth-order valence-electron chi connectivity index (χ4n) is 10.3. The average Bonchev–Trinajstić information content (AvgIpc) is 3.12. The van der Waals surface area contributed by atoms with Gasteiger partial charge in [0, 0.05) is 31.4 Å².